The first-order valence-electron chi connectivity index (χ1n) is 10.8. The molecule has 2 aromatic carbocycles. The van der Waals surface area contributed by atoms with Crippen molar-refractivity contribution < 1.29 is 14.3 Å². The van der Waals surface area contributed by atoms with E-state index in [0.29, 0.717) is 13.1 Å². The van der Waals surface area contributed by atoms with Gasteiger partial charge in [0.2, 0.25) is 12.7 Å². The Hall–Kier alpha value is -3.28. The van der Waals surface area contributed by atoms with Gasteiger partial charge in [0.1, 0.15) is 0 Å². The van der Waals surface area contributed by atoms with Crippen molar-refractivity contribution in [1.82, 2.24) is 14.7 Å². The highest BCUT2D eigenvalue weighted by atomic mass is 16.7. The van der Waals surface area contributed by atoms with Crippen LogP contribution in [0.3, 0.4) is 0 Å². The summed E-state index contributed by atoms with van der Waals surface area (Å²) in [4.78, 5) is 15.7. The molecule has 6 nitrogen and oxygen atoms in total. The van der Waals surface area contributed by atoms with Gasteiger partial charge in [-0.25, -0.2) is 0 Å². The van der Waals surface area contributed by atoms with Crippen LogP contribution in [-0.2, 0) is 37.8 Å². The molecule has 3 aromatic rings. The van der Waals surface area contributed by atoms with Gasteiger partial charge in [0.25, 0.3) is 0 Å². The molecule has 0 unspecified atom stereocenters. The Kier molecular flexibility index (Phi) is 5.14. The predicted molar refractivity (Wildman–Crippen MR) is 117 cm³/mol. The average Bonchev–Trinajstić information content (AvgIpc) is 3.37. The SMILES string of the molecule is Cc1cc(CN(Cc2ccc3c(c2)OCO3)C(=O)[C@H]2CCc3ccccc3C2)n(C)n1. The van der Waals surface area contributed by atoms with Crippen LogP contribution in [-0.4, -0.2) is 27.4 Å². The number of amides is 1. The number of aryl methyl sites for hydroxylation is 3. The normalized spacial score (nSPS) is 16.8. The third-order valence-corrected chi connectivity index (χ3v) is 6.27. The summed E-state index contributed by atoms with van der Waals surface area (Å²) in [6.45, 7) is 3.28. The van der Waals surface area contributed by atoms with Crippen molar-refractivity contribution in [2.75, 3.05) is 6.79 Å². The van der Waals surface area contributed by atoms with E-state index in [1.165, 1.54) is 11.1 Å². The summed E-state index contributed by atoms with van der Waals surface area (Å²) >= 11 is 0. The second-order valence-corrected chi connectivity index (χ2v) is 8.49. The minimum atomic E-state index is -0.00163. The van der Waals surface area contributed by atoms with Crippen LogP contribution in [0.4, 0.5) is 0 Å². The fourth-order valence-electron chi connectivity index (χ4n) is 4.65. The Bertz CT molecular complexity index is 1120. The van der Waals surface area contributed by atoms with Crippen LogP contribution in [0.1, 0.15) is 34.5 Å². The molecule has 0 radical (unpaired) electrons. The van der Waals surface area contributed by atoms with Crippen LogP contribution in [0.25, 0.3) is 0 Å². The number of aromatic nitrogens is 2. The Morgan fingerprint density at radius 3 is 2.71 bits per heavy atom. The zero-order valence-corrected chi connectivity index (χ0v) is 18.0. The smallest absolute Gasteiger partial charge is 0.231 e. The molecule has 31 heavy (non-hydrogen) atoms. The molecule has 6 heteroatoms. The fourth-order valence-corrected chi connectivity index (χ4v) is 4.65. The third kappa shape index (κ3) is 4.02. The number of carbonyl (C=O) groups excluding carboxylic acids is 1. The van der Waals surface area contributed by atoms with Gasteiger partial charge in [-0.3, -0.25) is 9.48 Å². The van der Waals surface area contributed by atoms with E-state index in [4.69, 9.17) is 9.47 Å². The zero-order chi connectivity index (χ0) is 21.4. The summed E-state index contributed by atoms with van der Waals surface area (Å²) in [5.41, 5.74) is 5.69. The average molecular weight is 418 g/mol. The number of benzene rings is 2. The van der Waals surface area contributed by atoms with Crippen LogP contribution in [0.2, 0.25) is 0 Å². The number of rotatable bonds is 5. The monoisotopic (exact) mass is 417 g/mol. The van der Waals surface area contributed by atoms with Gasteiger partial charge in [0.05, 0.1) is 17.9 Å². The van der Waals surface area contributed by atoms with Gasteiger partial charge in [0.15, 0.2) is 11.5 Å². The Balaban J connectivity index is 1.40. The summed E-state index contributed by atoms with van der Waals surface area (Å²) in [6.07, 6.45) is 2.64. The number of carbonyl (C=O) groups is 1. The molecule has 160 valence electrons. The molecule has 5 rings (SSSR count). The molecule has 0 spiro atoms. The molecule has 1 aromatic heterocycles. The molecule has 0 N–H and O–H groups in total. The first kappa shape index (κ1) is 19.7. The van der Waals surface area contributed by atoms with Gasteiger partial charge in [-0.1, -0.05) is 30.3 Å². The summed E-state index contributed by atoms with van der Waals surface area (Å²) in [5.74, 6) is 1.70. The van der Waals surface area contributed by atoms with E-state index in [1.54, 1.807) is 0 Å². The zero-order valence-electron chi connectivity index (χ0n) is 18.0. The number of fused-ring (bicyclic) bond motifs is 2. The molecular weight excluding hydrogens is 390 g/mol. The number of nitrogens with zero attached hydrogens (tertiary/aromatic N) is 3. The third-order valence-electron chi connectivity index (χ3n) is 6.27. The van der Waals surface area contributed by atoms with Crippen LogP contribution >= 0.6 is 0 Å². The minimum Gasteiger partial charge on any atom is -0.454 e. The molecular formula is C25H27N3O3. The predicted octanol–water partition coefficient (Wildman–Crippen LogP) is 3.79. The van der Waals surface area contributed by atoms with Crippen molar-refractivity contribution in [2.45, 2.75) is 39.3 Å². The summed E-state index contributed by atoms with van der Waals surface area (Å²) in [6, 6.07) is 16.4. The van der Waals surface area contributed by atoms with E-state index in [-0.39, 0.29) is 18.6 Å². The minimum absolute atomic E-state index is 0.00163. The molecule has 1 atom stereocenters. The van der Waals surface area contributed by atoms with Gasteiger partial charge in [-0.2, -0.15) is 5.10 Å². The van der Waals surface area contributed by atoms with Crippen LogP contribution in [0.5, 0.6) is 11.5 Å². The second kappa shape index (κ2) is 8.10. The van der Waals surface area contributed by atoms with Gasteiger partial charge < -0.3 is 14.4 Å². The highest BCUT2D eigenvalue weighted by molar-refractivity contribution is 5.79. The number of ether oxygens (including phenoxy) is 2. The van der Waals surface area contributed by atoms with Gasteiger partial charge in [-0.05, 0) is 61.1 Å². The molecule has 1 amide bonds. The fraction of sp³-hybridized carbons (Fsp3) is 0.360. The van der Waals surface area contributed by atoms with E-state index in [1.807, 2.05) is 41.8 Å². The van der Waals surface area contributed by atoms with Crippen LogP contribution in [0.15, 0.2) is 48.5 Å². The van der Waals surface area contributed by atoms with Crippen LogP contribution < -0.4 is 9.47 Å². The molecule has 0 fully saturated rings. The van der Waals surface area contributed by atoms with Crippen molar-refractivity contribution >= 4 is 5.91 Å². The van der Waals surface area contributed by atoms with Gasteiger partial charge in [0, 0.05) is 19.5 Å². The van der Waals surface area contributed by atoms with E-state index in [0.717, 1.165) is 47.7 Å². The van der Waals surface area contributed by atoms with Gasteiger partial charge in [-0.15, -0.1) is 0 Å². The van der Waals surface area contributed by atoms with Crippen molar-refractivity contribution in [3.63, 3.8) is 0 Å². The number of hydrogen-bond acceptors (Lipinski definition) is 4. The lowest BCUT2D eigenvalue weighted by molar-refractivity contribution is -0.137. The lowest BCUT2D eigenvalue weighted by atomic mass is 9.83. The summed E-state index contributed by atoms with van der Waals surface area (Å²) in [7, 11) is 1.93. The molecule has 0 saturated heterocycles. The largest absolute Gasteiger partial charge is 0.454 e. The standard InChI is InChI=1S/C25H27N3O3/c1-17-11-22(27(2)26-17)15-28(14-18-7-10-23-24(12-18)31-16-30-23)25(29)21-9-8-19-5-3-4-6-20(19)13-21/h3-7,10-12,21H,8-9,13-16H2,1-2H3/t21-/m0/s1. The van der Waals surface area contributed by atoms with E-state index >= 15 is 0 Å². The lowest BCUT2D eigenvalue weighted by Gasteiger charge is -2.30. The van der Waals surface area contributed by atoms with E-state index in [9.17, 15) is 4.79 Å². The Morgan fingerprint density at radius 1 is 1.10 bits per heavy atom. The van der Waals surface area contributed by atoms with Crippen LogP contribution in [0, 0.1) is 12.8 Å². The molecule has 2 heterocycles. The molecule has 0 saturated carbocycles. The summed E-state index contributed by atoms with van der Waals surface area (Å²) in [5, 5.41) is 4.46. The highest BCUT2D eigenvalue weighted by Crippen LogP contribution is 2.33. The molecule has 1 aliphatic heterocycles. The molecule has 2 aliphatic rings. The van der Waals surface area contributed by atoms with Gasteiger partial charge >= 0.3 is 0 Å². The van der Waals surface area contributed by atoms with E-state index in [2.05, 4.69) is 35.4 Å². The topological polar surface area (TPSA) is 56.6 Å². The maximum Gasteiger partial charge on any atom is 0.231 e. The molecule has 0 bridgehead atoms. The Morgan fingerprint density at radius 2 is 1.90 bits per heavy atom. The molecule has 1 aliphatic carbocycles. The van der Waals surface area contributed by atoms with Crippen molar-refractivity contribution in [2.24, 2.45) is 13.0 Å². The summed E-state index contributed by atoms with van der Waals surface area (Å²) < 4.78 is 12.8. The van der Waals surface area contributed by atoms with Crippen molar-refractivity contribution in [3.05, 3.63) is 76.6 Å². The maximum absolute atomic E-state index is 13.7. The first-order valence-corrected chi connectivity index (χ1v) is 10.8. The second-order valence-electron chi connectivity index (χ2n) is 8.49. The van der Waals surface area contributed by atoms with Crippen molar-refractivity contribution in [1.29, 1.82) is 0 Å². The van der Waals surface area contributed by atoms with Crippen molar-refractivity contribution in [3.8, 4) is 11.5 Å². The number of hydrogen-bond donors (Lipinski definition) is 0. The highest BCUT2D eigenvalue weighted by Gasteiger charge is 2.29. The van der Waals surface area contributed by atoms with E-state index < -0.39 is 0 Å². The first-order chi connectivity index (χ1) is 15.1. The quantitative estimate of drug-likeness (QED) is 0.634. The maximum atomic E-state index is 13.7. The Labute approximate surface area is 182 Å². The lowest BCUT2D eigenvalue weighted by Crippen LogP contribution is -2.38.